The first-order chi connectivity index (χ1) is 13.0. The molecule has 0 unspecified atom stereocenters. The van der Waals surface area contributed by atoms with E-state index in [0.29, 0.717) is 24.5 Å². The average molecular weight is 360 g/mol. The molecule has 5 nitrogen and oxygen atoms in total. The average Bonchev–Trinajstić information content (AvgIpc) is 3.34. The minimum atomic E-state index is -0.364. The Bertz CT molecular complexity index is 1040. The Morgan fingerprint density at radius 3 is 2.85 bits per heavy atom. The molecule has 3 aromatic rings. The highest BCUT2D eigenvalue weighted by Crippen LogP contribution is 2.36. The molecule has 0 saturated heterocycles. The van der Waals surface area contributed by atoms with Crippen LogP contribution in [0.25, 0.3) is 5.65 Å². The molecule has 0 atom stereocenters. The van der Waals surface area contributed by atoms with Gasteiger partial charge < -0.3 is 0 Å². The fourth-order valence-electron chi connectivity index (χ4n) is 4.68. The lowest BCUT2D eigenvalue weighted by Crippen LogP contribution is -2.23. The van der Waals surface area contributed by atoms with E-state index in [-0.39, 0.29) is 5.41 Å². The molecule has 27 heavy (non-hydrogen) atoms. The first kappa shape index (κ1) is 16.6. The number of hydrogen-bond donors (Lipinski definition) is 0. The fraction of sp³-hybridized carbons (Fsp3) is 0.455. The van der Waals surface area contributed by atoms with Crippen LogP contribution in [0.5, 0.6) is 0 Å². The number of hydrogen-bond acceptors (Lipinski definition) is 4. The lowest BCUT2D eigenvalue weighted by atomic mass is 9.85. The molecule has 138 valence electrons. The van der Waals surface area contributed by atoms with Crippen molar-refractivity contribution < 1.29 is 4.79 Å². The molecule has 2 aliphatic carbocycles. The van der Waals surface area contributed by atoms with Gasteiger partial charge in [0.1, 0.15) is 5.78 Å². The summed E-state index contributed by atoms with van der Waals surface area (Å²) in [6, 6.07) is 6.38. The summed E-state index contributed by atoms with van der Waals surface area (Å²) in [6.07, 6.45) is 9.87. The van der Waals surface area contributed by atoms with Gasteiger partial charge in [0.25, 0.3) is 0 Å². The van der Waals surface area contributed by atoms with Crippen LogP contribution in [0.1, 0.15) is 73.7 Å². The van der Waals surface area contributed by atoms with Gasteiger partial charge in [-0.05, 0) is 43.4 Å². The molecule has 1 saturated carbocycles. The zero-order valence-electron chi connectivity index (χ0n) is 15.9. The Labute approximate surface area is 158 Å². The summed E-state index contributed by atoms with van der Waals surface area (Å²) in [5, 5.41) is 4.68. The maximum Gasteiger partial charge on any atom is 0.177 e. The first-order valence-electron chi connectivity index (χ1n) is 9.88. The maximum atomic E-state index is 12.3. The summed E-state index contributed by atoms with van der Waals surface area (Å²) in [5.74, 6) is 1.62. The predicted molar refractivity (Wildman–Crippen MR) is 103 cm³/mol. The van der Waals surface area contributed by atoms with Gasteiger partial charge in [-0.1, -0.05) is 31.0 Å². The standard InChI is InChI=1S/C22H24N4O/c1-22(2)17-8-7-14(11-16(17)13-18(22)27)12-19-24-21-20(15-5-3-4-6-15)23-9-10-26(21)25-19/h7-11,15H,3-6,12-13H2,1-2H3. The van der Waals surface area contributed by atoms with Gasteiger partial charge in [-0.25, -0.2) is 9.50 Å². The van der Waals surface area contributed by atoms with Gasteiger partial charge in [-0.15, -0.1) is 0 Å². The number of Topliss-reactive ketones (excluding diaryl/α,β-unsaturated/α-hetero) is 1. The van der Waals surface area contributed by atoms with Gasteiger partial charge in [0, 0.05) is 36.6 Å². The van der Waals surface area contributed by atoms with Crippen molar-refractivity contribution in [3.8, 4) is 0 Å². The third-order valence-electron chi connectivity index (χ3n) is 6.32. The largest absolute Gasteiger partial charge is 0.298 e. The van der Waals surface area contributed by atoms with Crippen molar-refractivity contribution in [1.82, 2.24) is 19.6 Å². The lowest BCUT2D eigenvalue weighted by molar-refractivity contribution is -0.121. The molecular formula is C22H24N4O. The highest BCUT2D eigenvalue weighted by Gasteiger charge is 2.37. The van der Waals surface area contributed by atoms with Gasteiger partial charge >= 0.3 is 0 Å². The summed E-state index contributed by atoms with van der Waals surface area (Å²) in [6.45, 7) is 4.03. The Morgan fingerprint density at radius 1 is 1.22 bits per heavy atom. The number of carbonyl (C=O) groups excluding carboxylic acids is 1. The molecule has 0 bridgehead atoms. The van der Waals surface area contributed by atoms with Crippen LogP contribution in [0.4, 0.5) is 0 Å². The Kier molecular flexibility index (Phi) is 3.67. The normalized spacial score (nSPS) is 19.1. The predicted octanol–water partition coefficient (Wildman–Crippen LogP) is 3.78. The third kappa shape index (κ3) is 2.68. The minimum absolute atomic E-state index is 0.299. The Morgan fingerprint density at radius 2 is 2.04 bits per heavy atom. The number of carbonyl (C=O) groups is 1. The van der Waals surface area contributed by atoms with Crippen molar-refractivity contribution in [3.63, 3.8) is 0 Å². The maximum absolute atomic E-state index is 12.3. The molecule has 0 N–H and O–H groups in total. The fourth-order valence-corrected chi connectivity index (χ4v) is 4.68. The molecule has 1 aromatic carbocycles. The van der Waals surface area contributed by atoms with Crippen LogP contribution < -0.4 is 0 Å². The SMILES string of the molecule is CC1(C)C(=O)Cc2cc(Cc3nc4c(C5CCCC5)nccn4n3)ccc21. The van der Waals surface area contributed by atoms with Crippen LogP contribution in [-0.2, 0) is 23.1 Å². The van der Waals surface area contributed by atoms with Crippen LogP contribution in [-0.4, -0.2) is 25.4 Å². The summed E-state index contributed by atoms with van der Waals surface area (Å²) in [5.41, 5.74) is 5.10. The number of benzene rings is 1. The molecule has 2 heterocycles. The molecule has 1 fully saturated rings. The van der Waals surface area contributed by atoms with E-state index in [2.05, 4.69) is 28.3 Å². The van der Waals surface area contributed by atoms with Crippen molar-refractivity contribution in [2.75, 3.05) is 0 Å². The van der Waals surface area contributed by atoms with Crippen LogP contribution in [0.15, 0.2) is 30.6 Å². The summed E-state index contributed by atoms with van der Waals surface area (Å²) < 4.78 is 1.87. The highest BCUT2D eigenvalue weighted by molar-refractivity contribution is 5.95. The van der Waals surface area contributed by atoms with Crippen molar-refractivity contribution in [3.05, 3.63) is 58.8 Å². The van der Waals surface area contributed by atoms with Crippen LogP contribution >= 0.6 is 0 Å². The molecule has 2 aromatic heterocycles. The van der Waals surface area contributed by atoms with Crippen molar-refractivity contribution in [1.29, 1.82) is 0 Å². The molecule has 5 heteroatoms. The smallest absolute Gasteiger partial charge is 0.177 e. The van der Waals surface area contributed by atoms with E-state index in [0.717, 1.165) is 33.9 Å². The lowest BCUT2D eigenvalue weighted by Gasteiger charge is -2.17. The third-order valence-corrected chi connectivity index (χ3v) is 6.32. The van der Waals surface area contributed by atoms with E-state index >= 15 is 0 Å². The number of ketones is 1. The zero-order chi connectivity index (χ0) is 18.6. The monoisotopic (exact) mass is 360 g/mol. The van der Waals surface area contributed by atoms with Crippen molar-refractivity contribution in [2.45, 2.75) is 63.7 Å². The van der Waals surface area contributed by atoms with Crippen molar-refractivity contribution in [2.24, 2.45) is 0 Å². The van der Waals surface area contributed by atoms with Crippen LogP contribution in [0, 0.1) is 0 Å². The second kappa shape index (κ2) is 5.98. The highest BCUT2D eigenvalue weighted by atomic mass is 16.1. The molecule has 0 aliphatic heterocycles. The summed E-state index contributed by atoms with van der Waals surface area (Å²) >= 11 is 0. The molecular weight excluding hydrogens is 336 g/mol. The number of fused-ring (bicyclic) bond motifs is 2. The van der Waals surface area contributed by atoms with E-state index in [1.165, 1.54) is 25.7 Å². The van der Waals surface area contributed by atoms with E-state index in [4.69, 9.17) is 4.98 Å². The molecule has 5 rings (SSSR count). The van der Waals surface area contributed by atoms with Gasteiger partial charge in [-0.3, -0.25) is 9.78 Å². The molecule has 0 radical (unpaired) electrons. The van der Waals surface area contributed by atoms with E-state index in [1.54, 1.807) is 0 Å². The second-order valence-electron chi connectivity index (χ2n) is 8.48. The summed E-state index contributed by atoms with van der Waals surface area (Å²) in [4.78, 5) is 21.7. The van der Waals surface area contributed by atoms with E-state index in [9.17, 15) is 4.79 Å². The van der Waals surface area contributed by atoms with E-state index < -0.39 is 0 Å². The van der Waals surface area contributed by atoms with Crippen LogP contribution in [0.3, 0.4) is 0 Å². The second-order valence-corrected chi connectivity index (χ2v) is 8.48. The zero-order valence-corrected chi connectivity index (χ0v) is 15.9. The number of rotatable bonds is 3. The number of aromatic nitrogens is 4. The van der Waals surface area contributed by atoms with Gasteiger partial charge in [0.05, 0.1) is 5.69 Å². The minimum Gasteiger partial charge on any atom is -0.298 e. The van der Waals surface area contributed by atoms with Gasteiger partial charge in [-0.2, -0.15) is 5.10 Å². The quantitative estimate of drug-likeness (QED) is 0.713. The Hall–Kier alpha value is -2.56. The topological polar surface area (TPSA) is 60.2 Å². The van der Waals surface area contributed by atoms with Crippen LogP contribution in [0.2, 0.25) is 0 Å². The van der Waals surface area contributed by atoms with Gasteiger partial charge in [0.2, 0.25) is 0 Å². The Balaban J connectivity index is 1.47. The van der Waals surface area contributed by atoms with E-state index in [1.807, 2.05) is 30.8 Å². The molecule has 2 aliphatic rings. The number of nitrogens with zero attached hydrogens (tertiary/aromatic N) is 4. The molecule has 0 amide bonds. The molecule has 0 spiro atoms. The summed E-state index contributed by atoms with van der Waals surface area (Å²) in [7, 11) is 0. The first-order valence-corrected chi connectivity index (χ1v) is 9.88. The van der Waals surface area contributed by atoms with Crippen molar-refractivity contribution >= 4 is 11.4 Å². The van der Waals surface area contributed by atoms with Gasteiger partial charge in [0.15, 0.2) is 11.5 Å².